The van der Waals surface area contributed by atoms with Crippen LogP contribution in [0.4, 0.5) is 4.79 Å². The van der Waals surface area contributed by atoms with Gasteiger partial charge in [-0.05, 0) is 38.5 Å². The van der Waals surface area contributed by atoms with Gasteiger partial charge in [-0.15, -0.1) is 0 Å². The predicted molar refractivity (Wildman–Crippen MR) is 96.7 cm³/mol. The van der Waals surface area contributed by atoms with Gasteiger partial charge in [0.1, 0.15) is 17.8 Å². The number of carbonyl (C=O) groups is 2. The molecule has 1 heterocycles. The molecule has 3 N–H and O–H groups in total. The van der Waals surface area contributed by atoms with E-state index in [1.807, 2.05) is 0 Å². The molecule has 1 saturated carbocycles. The number of hydrogen-bond acceptors (Lipinski definition) is 8. The highest BCUT2D eigenvalue weighted by Crippen LogP contribution is 2.45. The molecular weight excluding hydrogens is 370 g/mol. The summed E-state index contributed by atoms with van der Waals surface area (Å²) >= 11 is 0. The molecule has 1 fully saturated rings. The van der Waals surface area contributed by atoms with Gasteiger partial charge in [0.15, 0.2) is 17.3 Å². The molecule has 1 aromatic carbocycles. The van der Waals surface area contributed by atoms with Crippen molar-refractivity contribution in [2.24, 2.45) is 0 Å². The number of alkyl carbamates (subject to hydrolysis) is 1. The molecule has 2 aliphatic rings. The van der Waals surface area contributed by atoms with Crippen molar-refractivity contribution < 1.29 is 38.7 Å². The summed E-state index contributed by atoms with van der Waals surface area (Å²) in [6.07, 6.45) is -3.92. The lowest BCUT2D eigenvalue weighted by Crippen LogP contribution is -2.58. The molecule has 0 radical (unpaired) electrons. The fourth-order valence-electron chi connectivity index (χ4n) is 3.41. The Balaban J connectivity index is 1.94. The number of amides is 1. The number of nitrogens with one attached hydrogen (secondary N) is 1. The largest absolute Gasteiger partial charge is 0.493 e. The number of methoxy groups -OCH3 is 1. The maximum atomic E-state index is 12.3. The van der Waals surface area contributed by atoms with Crippen molar-refractivity contribution in [1.82, 2.24) is 5.32 Å². The molecule has 0 aromatic heterocycles. The van der Waals surface area contributed by atoms with Crippen LogP contribution in [0.5, 0.6) is 17.2 Å². The number of carbonyl (C=O) groups excluding carboxylic acids is 2. The highest BCUT2D eigenvalue weighted by molar-refractivity contribution is 5.86. The molecule has 0 bridgehead atoms. The number of aliphatic hydroxyl groups excluding tert-OH is 2. The maximum absolute atomic E-state index is 12.3. The van der Waals surface area contributed by atoms with Gasteiger partial charge in [-0.25, -0.2) is 4.79 Å². The number of Topliss-reactive ketones (excluding diaryl/α,β-unsaturated/α-hetero) is 1. The van der Waals surface area contributed by atoms with Crippen LogP contribution in [0.1, 0.15) is 38.7 Å². The van der Waals surface area contributed by atoms with E-state index in [-0.39, 0.29) is 13.2 Å². The molecular formula is C19H25NO8. The van der Waals surface area contributed by atoms with Gasteiger partial charge in [0.25, 0.3) is 0 Å². The fourth-order valence-corrected chi connectivity index (χ4v) is 3.41. The monoisotopic (exact) mass is 395 g/mol. The van der Waals surface area contributed by atoms with Gasteiger partial charge in [-0.2, -0.15) is 0 Å². The number of hydrogen-bond donors (Lipinski definition) is 3. The first kappa shape index (κ1) is 20.2. The van der Waals surface area contributed by atoms with Crippen LogP contribution in [0, 0.1) is 0 Å². The second-order valence-corrected chi connectivity index (χ2v) is 7.84. The van der Waals surface area contributed by atoms with Crippen LogP contribution in [0.15, 0.2) is 12.1 Å². The average Bonchev–Trinajstić information content (AvgIpc) is 3.08. The number of ether oxygens (including phenoxy) is 4. The normalized spacial score (nSPS) is 26.7. The molecule has 4 atom stereocenters. The van der Waals surface area contributed by atoms with Gasteiger partial charge in [0.2, 0.25) is 12.5 Å². The number of ketones is 1. The Morgan fingerprint density at radius 3 is 2.61 bits per heavy atom. The van der Waals surface area contributed by atoms with Crippen molar-refractivity contribution >= 4 is 11.9 Å². The van der Waals surface area contributed by atoms with Crippen molar-refractivity contribution in [1.29, 1.82) is 0 Å². The van der Waals surface area contributed by atoms with Crippen LogP contribution in [-0.4, -0.2) is 59.8 Å². The van der Waals surface area contributed by atoms with Crippen molar-refractivity contribution in [3.8, 4) is 17.2 Å². The van der Waals surface area contributed by atoms with E-state index in [2.05, 4.69) is 5.32 Å². The van der Waals surface area contributed by atoms with Gasteiger partial charge in [0, 0.05) is 12.3 Å². The average molecular weight is 395 g/mol. The summed E-state index contributed by atoms with van der Waals surface area (Å²) < 4.78 is 21.4. The molecule has 1 aliphatic heterocycles. The van der Waals surface area contributed by atoms with Gasteiger partial charge in [0.05, 0.1) is 13.2 Å². The minimum absolute atomic E-state index is 0.0413. The predicted octanol–water partition coefficient (Wildman–Crippen LogP) is 1.10. The summed E-state index contributed by atoms with van der Waals surface area (Å²) in [6, 6.07) is 2.39. The van der Waals surface area contributed by atoms with E-state index in [1.54, 1.807) is 32.9 Å². The number of rotatable bonds is 3. The smallest absolute Gasteiger partial charge is 0.407 e. The number of fused-ring (bicyclic) bond motifs is 1. The zero-order chi connectivity index (χ0) is 20.6. The van der Waals surface area contributed by atoms with E-state index in [1.165, 1.54) is 7.11 Å². The molecule has 0 unspecified atom stereocenters. The lowest BCUT2D eigenvalue weighted by Gasteiger charge is -2.38. The van der Waals surface area contributed by atoms with Gasteiger partial charge >= 0.3 is 6.09 Å². The van der Waals surface area contributed by atoms with Crippen LogP contribution < -0.4 is 19.5 Å². The zero-order valence-corrected chi connectivity index (χ0v) is 16.2. The topological polar surface area (TPSA) is 124 Å². The Kier molecular flexibility index (Phi) is 5.40. The Labute approximate surface area is 162 Å². The standard InChI is InChI=1S/C19H25NO8/c1-19(2,3)28-18(24)20-14-10(7-11(21)15(22)16(14)23)9-5-12(25-4)17-13(6-9)26-8-27-17/h5-6,10,14-16,22-23H,7-8H2,1-4H3,(H,20,24)/t10-,14-,15-,16+/m1/s1. The molecule has 0 saturated heterocycles. The van der Waals surface area contributed by atoms with Gasteiger partial charge in [-0.1, -0.05) is 0 Å². The summed E-state index contributed by atoms with van der Waals surface area (Å²) in [6.45, 7) is 5.17. The number of aliphatic hydroxyl groups is 2. The van der Waals surface area contributed by atoms with Crippen molar-refractivity contribution in [3.63, 3.8) is 0 Å². The Hall–Kier alpha value is -2.52. The molecule has 1 aliphatic carbocycles. The van der Waals surface area contributed by atoms with Crippen molar-refractivity contribution in [2.75, 3.05) is 13.9 Å². The Bertz CT molecular complexity index is 772. The van der Waals surface area contributed by atoms with Gasteiger partial charge in [-0.3, -0.25) is 4.79 Å². The summed E-state index contributed by atoms with van der Waals surface area (Å²) in [4.78, 5) is 24.5. The zero-order valence-electron chi connectivity index (χ0n) is 16.2. The fraction of sp³-hybridized carbons (Fsp3) is 0.579. The molecule has 0 spiro atoms. The van der Waals surface area contributed by atoms with E-state index in [4.69, 9.17) is 18.9 Å². The SMILES string of the molecule is COc1cc([C@H]2CC(=O)[C@@H](O)[C@@H](O)[C@@H]2NC(=O)OC(C)(C)C)cc2c1OCO2. The first-order chi connectivity index (χ1) is 13.1. The Morgan fingerprint density at radius 1 is 1.25 bits per heavy atom. The third-order valence-electron chi connectivity index (χ3n) is 4.67. The van der Waals surface area contributed by atoms with Crippen LogP contribution in [-0.2, 0) is 9.53 Å². The summed E-state index contributed by atoms with van der Waals surface area (Å²) in [7, 11) is 1.47. The minimum atomic E-state index is -1.59. The van der Waals surface area contributed by atoms with Crippen LogP contribution in [0.3, 0.4) is 0 Å². The molecule has 9 heteroatoms. The van der Waals surface area contributed by atoms with Gasteiger partial charge < -0.3 is 34.5 Å². The maximum Gasteiger partial charge on any atom is 0.407 e. The van der Waals surface area contributed by atoms with Crippen LogP contribution >= 0.6 is 0 Å². The van der Waals surface area contributed by atoms with Crippen molar-refractivity contribution in [2.45, 2.75) is 57.0 Å². The first-order valence-electron chi connectivity index (χ1n) is 8.96. The quantitative estimate of drug-likeness (QED) is 0.695. The highest BCUT2D eigenvalue weighted by atomic mass is 16.7. The molecule has 28 heavy (non-hydrogen) atoms. The lowest BCUT2D eigenvalue weighted by molar-refractivity contribution is -0.139. The summed E-state index contributed by atoms with van der Waals surface area (Å²) in [5.41, 5.74) is -0.142. The summed E-state index contributed by atoms with van der Waals surface area (Å²) in [5.74, 6) is 0.163. The molecule has 154 valence electrons. The van der Waals surface area contributed by atoms with E-state index in [0.29, 0.717) is 22.8 Å². The first-order valence-corrected chi connectivity index (χ1v) is 8.96. The Morgan fingerprint density at radius 2 is 1.96 bits per heavy atom. The second kappa shape index (κ2) is 7.48. The third kappa shape index (κ3) is 4.00. The highest BCUT2D eigenvalue weighted by Gasteiger charge is 2.45. The summed E-state index contributed by atoms with van der Waals surface area (Å²) in [5, 5.41) is 23.1. The lowest BCUT2D eigenvalue weighted by atomic mass is 9.76. The van der Waals surface area contributed by atoms with E-state index in [9.17, 15) is 19.8 Å². The molecule has 3 rings (SSSR count). The second-order valence-electron chi connectivity index (χ2n) is 7.84. The number of benzene rings is 1. The molecule has 9 nitrogen and oxygen atoms in total. The van der Waals surface area contributed by atoms with E-state index in [0.717, 1.165) is 0 Å². The van der Waals surface area contributed by atoms with Crippen LogP contribution in [0.2, 0.25) is 0 Å². The van der Waals surface area contributed by atoms with Crippen molar-refractivity contribution in [3.05, 3.63) is 17.7 Å². The minimum Gasteiger partial charge on any atom is -0.493 e. The molecule has 1 amide bonds. The van der Waals surface area contributed by atoms with Crippen LogP contribution in [0.25, 0.3) is 0 Å². The van der Waals surface area contributed by atoms with E-state index >= 15 is 0 Å². The third-order valence-corrected chi connectivity index (χ3v) is 4.67. The van der Waals surface area contributed by atoms with E-state index < -0.39 is 41.6 Å². The molecule has 1 aromatic rings.